The van der Waals surface area contributed by atoms with Crippen LogP contribution < -0.4 is 5.32 Å². The van der Waals surface area contributed by atoms with E-state index in [2.05, 4.69) is 25.5 Å². The minimum Gasteiger partial charge on any atom is -0.341 e. The molecule has 5 nitrogen and oxygen atoms in total. The van der Waals surface area contributed by atoms with Gasteiger partial charge in [0.05, 0.1) is 17.6 Å². The summed E-state index contributed by atoms with van der Waals surface area (Å²) in [6.45, 7) is 1.74. The van der Waals surface area contributed by atoms with Gasteiger partial charge in [0.25, 0.3) is 0 Å². The molecule has 0 radical (unpaired) electrons. The molecule has 3 N–H and O–H groups in total. The van der Waals surface area contributed by atoms with Crippen LogP contribution in [0.4, 0.5) is 0 Å². The summed E-state index contributed by atoms with van der Waals surface area (Å²) in [5.41, 5.74) is 3.30. The lowest BCUT2D eigenvalue weighted by Crippen LogP contribution is -2.16. The van der Waals surface area contributed by atoms with E-state index >= 15 is 0 Å². The SMILES string of the molecule is c1ccc2[nH]c(CNCCCc3ccn[nH]3)nc2c1. The Hall–Kier alpha value is -2.14. The Balaban J connectivity index is 1.44. The van der Waals surface area contributed by atoms with Crippen LogP contribution in [0.3, 0.4) is 0 Å². The van der Waals surface area contributed by atoms with Gasteiger partial charge >= 0.3 is 0 Å². The zero-order valence-corrected chi connectivity index (χ0v) is 10.7. The summed E-state index contributed by atoms with van der Waals surface area (Å²) in [7, 11) is 0. The first kappa shape index (κ1) is 11.9. The van der Waals surface area contributed by atoms with Crippen molar-refractivity contribution in [1.29, 1.82) is 0 Å². The van der Waals surface area contributed by atoms with Gasteiger partial charge in [-0.25, -0.2) is 4.98 Å². The van der Waals surface area contributed by atoms with Crippen molar-refractivity contribution in [2.75, 3.05) is 6.54 Å². The topological polar surface area (TPSA) is 69.4 Å². The molecule has 0 aliphatic carbocycles. The second-order valence-corrected chi connectivity index (χ2v) is 4.56. The van der Waals surface area contributed by atoms with Crippen molar-refractivity contribution >= 4 is 11.0 Å². The van der Waals surface area contributed by atoms with Crippen LogP contribution in [-0.4, -0.2) is 26.7 Å². The summed E-state index contributed by atoms with van der Waals surface area (Å²) in [6, 6.07) is 10.1. The average Bonchev–Trinajstić information content (AvgIpc) is 3.06. The number of fused-ring (bicyclic) bond motifs is 1. The number of H-pyrrole nitrogens is 2. The highest BCUT2D eigenvalue weighted by Crippen LogP contribution is 2.09. The molecule has 0 saturated carbocycles. The maximum Gasteiger partial charge on any atom is 0.121 e. The number of nitrogens with one attached hydrogen (secondary N) is 3. The lowest BCUT2D eigenvalue weighted by atomic mass is 10.2. The monoisotopic (exact) mass is 255 g/mol. The van der Waals surface area contributed by atoms with Crippen molar-refractivity contribution in [2.24, 2.45) is 0 Å². The van der Waals surface area contributed by atoms with Gasteiger partial charge in [-0.15, -0.1) is 0 Å². The first-order valence-corrected chi connectivity index (χ1v) is 6.54. The minimum atomic E-state index is 0.775. The molecule has 0 aliphatic heterocycles. The van der Waals surface area contributed by atoms with E-state index < -0.39 is 0 Å². The Labute approximate surface area is 111 Å². The van der Waals surface area contributed by atoms with E-state index in [9.17, 15) is 0 Å². The molecule has 2 aromatic heterocycles. The molecule has 0 aliphatic rings. The number of aryl methyl sites for hydroxylation is 1. The molecule has 5 heteroatoms. The molecule has 0 unspecified atom stereocenters. The van der Waals surface area contributed by atoms with E-state index in [0.717, 1.165) is 42.8 Å². The standard InChI is InChI=1S/C14H17N5/c1-2-6-13-12(5-1)17-14(18-13)10-15-8-3-4-11-7-9-16-19-11/h1-2,5-7,9,15H,3-4,8,10H2,(H,16,19)(H,17,18). The zero-order chi connectivity index (χ0) is 12.9. The van der Waals surface area contributed by atoms with Crippen LogP contribution >= 0.6 is 0 Å². The fraction of sp³-hybridized carbons (Fsp3) is 0.286. The molecular weight excluding hydrogens is 238 g/mol. The summed E-state index contributed by atoms with van der Waals surface area (Å²) < 4.78 is 0. The van der Waals surface area contributed by atoms with Crippen molar-refractivity contribution in [3.63, 3.8) is 0 Å². The molecule has 0 bridgehead atoms. The van der Waals surface area contributed by atoms with Crippen molar-refractivity contribution < 1.29 is 0 Å². The number of hydrogen-bond donors (Lipinski definition) is 3. The average molecular weight is 255 g/mol. The van der Waals surface area contributed by atoms with Crippen LogP contribution in [0.15, 0.2) is 36.5 Å². The summed E-state index contributed by atoms with van der Waals surface area (Å²) in [6.07, 6.45) is 3.90. The van der Waals surface area contributed by atoms with E-state index in [4.69, 9.17) is 0 Å². The van der Waals surface area contributed by atoms with Crippen LogP contribution in [0, 0.1) is 0 Å². The number of imidazole rings is 1. The molecule has 3 aromatic rings. The Morgan fingerprint density at radius 2 is 2.11 bits per heavy atom. The van der Waals surface area contributed by atoms with E-state index in [1.54, 1.807) is 6.20 Å². The predicted octanol–water partition coefficient (Wildman–Crippen LogP) is 2.01. The van der Waals surface area contributed by atoms with Crippen molar-refractivity contribution in [3.8, 4) is 0 Å². The lowest BCUT2D eigenvalue weighted by Gasteiger charge is -2.01. The lowest BCUT2D eigenvalue weighted by molar-refractivity contribution is 0.630. The Morgan fingerprint density at radius 1 is 1.16 bits per heavy atom. The van der Waals surface area contributed by atoms with Gasteiger partial charge < -0.3 is 10.3 Å². The number of hydrogen-bond acceptors (Lipinski definition) is 3. The summed E-state index contributed by atoms with van der Waals surface area (Å²) in [4.78, 5) is 7.84. The molecule has 0 saturated heterocycles. The molecule has 0 atom stereocenters. The third kappa shape index (κ3) is 3.00. The zero-order valence-electron chi connectivity index (χ0n) is 10.7. The molecule has 1 aromatic carbocycles. The Morgan fingerprint density at radius 3 is 2.95 bits per heavy atom. The number of aromatic amines is 2. The maximum atomic E-state index is 4.53. The Bertz CT molecular complexity index is 593. The molecule has 3 rings (SSSR count). The molecular formula is C14H17N5. The second kappa shape index (κ2) is 5.67. The van der Waals surface area contributed by atoms with Gasteiger partial charge in [-0.05, 0) is 37.6 Å². The number of rotatable bonds is 6. The van der Waals surface area contributed by atoms with Gasteiger partial charge in [0.1, 0.15) is 5.82 Å². The fourth-order valence-electron chi connectivity index (χ4n) is 2.12. The van der Waals surface area contributed by atoms with Crippen LogP contribution in [-0.2, 0) is 13.0 Å². The summed E-state index contributed by atoms with van der Waals surface area (Å²) in [5, 5.41) is 10.3. The van der Waals surface area contributed by atoms with Crippen LogP contribution in [0.2, 0.25) is 0 Å². The van der Waals surface area contributed by atoms with Crippen LogP contribution in [0.1, 0.15) is 17.9 Å². The molecule has 0 spiro atoms. The first-order valence-electron chi connectivity index (χ1n) is 6.54. The Kier molecular flexibility index (Phi) is 3.56. The summed E-state index contributed by atoms with van der Waals surface area (Å²) in [5.74, 6) is 0.989. The second-order valence-electron chi connectivity index (χ2n) is 4.56. The largest absolute Gasteiger partial charge is 0.341 e. The third-order valence-electron chi connectivity index (χ3n) is 3.09. The van der Waals surface area contributed by atoms with Crippen molar-refractivity contribution in [1.82, 2.24) is 25.5 Å². The number of benzene rings is 1. The number of para-hydroxylation sites is 2. The highest BCUT2D eigenvalue weighted by atomic mass is 15.1. The van der Waals surface area contributed by atoms with E-state index in [1.165, 1.54) is 5.69 Å². The van der Waals surface area contributed by atoms with Crippen molar-refractivity contribution in [2.45, 2.75) is 19.4 Å². The molecule has 0 fully saturated rings. The van der Waals surface area contributed by atoms with Crippen LogP contribution in [0.5, 0.6) is 0 Å². The van der Waals surface area contributed by atoms with Gasteiger partial charge in [0, 0.05) is 11.9 Å². The number of nitrogens with zero attached hydrogens (tertiary/aromatic N) is 2. The number of aromatic nitrogens is 4. The predicted molar refractivity (Wildman–Crippen MR) is 74.7 cm³/mol. The maximum absolute atomic E-state index is 4.53. The third-order valence-corrected chi connectivity index (χ3v) is 3.09. The van der Waals surface area contributed by atoms with E-state index in [-0.39, 0.29) is 0 Å². The highest BCUT2D eigenvalue weighted by Gasteiger charge is 2.01. The normalized spacial score (nSPS) is 11.2. The smallest absolute Gasteiger partial charge is 0.121 e. The van der Waals surface area contributed by atoms with E-state index in [0.29, 0.717) is 0 Å². The van der Waals surface area contributed by atoms with Gasteiger partial charge in [-0.2, -0.15) is 5.10 Å². The molecule has 2 heterocycles. The molecule has 98 valence electrons. The first-order chi connectivity index (χ1) is 9.42. The minimum absolute atomic E-state index is 0.775. The van der Waals surface area contributed by atoms with Gasteiger partial charge in [0.2, 0.25) is 0 Å². The summed E-state index contributed by atoms with van der Waals surface area (Å²) >= 11 is 0. The van der Waals surface area contributed by atoms with E-state index in [1.807, 2.05) is 30.3 Å². The quantitative estimate of drug-likeness (QED) is 0.590. The van der Waals surface area contributed by atoms with Gasteiger partial charge in [-0.1, -0.05) is 12.1 Å². The van der Waals surface area contributed by atoms with Crippen molar-refractivity contribution in [3.05, 3.63) is 48.0 Å². The van der Waals surface area contributed by atoms with Crippen LogP contribution in [0.25, 0.3) is 11.0 Å². The highest BCUT2D eigenvalue weighted by molar-refractivity contribution is 5.74. The van der Waals surface area contributed by atoms with Gasteiger partial charge in [0.15, 0.2) is 0 Å². The molecule has 19 heavy (non-hydrogen) atoms. The molecule has 0 amide bonds. The fourth-order valence-corrected chi connectivity index (χ4v) is 2.12. The van der Waals surface area contributed by atoms with Gasteiger partial charge in [-0.3, -0.25) is 5.10 Å².